The van der Waals surface area contributed by atoms with Crippen LogP contribution in [0.25, 0.3) is 0 Å². The number of hydrogen-bond acceptors (Lipinski definition) is 6. The van der Waals surface area contributed by atoms with Crippen molar-refractivity contribution in [3.8, 4) is 0 Å². The number of fused-ring (bicyclic) bond motifs is 3. The zero-order valence-electron chi connectivity index (χ0n) is 19.0. The van der Waals surface area contributed by atoms with E-state index in [2.05, 4.69) is 13.8 Å². The van der Waals surface area contributed by atoms with Crippen molar-refractivity contribution in [3.63, 3.8) is 0 Å². The van der Waals surface area contributed by atoms with E-state index in [4.69, 9.17) is 4.74 Å². The van der Waals surface area contributed by atoms with Gasteiger partial charge >= 0.3 is 5.97 Å². The van der Waals surface area contributed by atoms with Gasteiger partial charge in [-0.25, -0.2) is 4.79 Å². The van der Waals surface area contributed by atoms with Crippen molar-refractivity contribution in [1.29, 1.82) is 0 Å². The molecule has 2 fully saturated rings. The Morgan fingerprint density at radius 2 is 1.97 bits per heavy atom. The molecular formula is C25H32O6. The average Bonchev–Trinajstić information content (AvgIpc) is 3.21. The van der Waals surface area contributed by atoms with Gasteiger partial charge in [-0.15, -0.1) is 0 Å². The molecule has 2 saturated carbocycles. The Morgan fingerprint density at radius 3 is 2.55 bits per heavy atom. The van der Waals surface area contributed by atoms with E-state index in [1.54, 1.807) is 39.0 Å². The third-order valence-corrected chi connectivity index (χ3v) is 8.77. The first-order valence-electron chi connectivity index (χ1n) is 11.0. The van der Waals surface area contributed by atoms with Crippen LogP contribution < -0.4 is 0 Å². The third-order valence-electron chi connectivity index (χ3n) is 8.77. The van der Waals surface area contributed by atoms with Crippen molar-refractivity contribution >= 4 is 18.0 Å². The van der Waals surface area contributed by atoms with Crippen molar-refractivity contribution in [3.05, 3.63) is 34.9 Å². The number of aldehydes is 1. The number of aliphatic hydroxyl groups excluding tert-OH is 1. The summed E-state index contributed by atoms with van der Waals surface area (Å²) in [5, 5.41) is 23.5. The molecule has 4 aliphatic rings. The molecule has 6 heteroatoms. The Kier molecular flexibility index (Phi) is 4.80. The molecule has 0 aliphatic heterocycles. The molecule has 0 aromatic carbocycles. The molecule has 0 unspecified atom stereocenters. The highest BCUT2D eigenvalue weighted by Gasteiger charge is 2.76. The van der Waals surface area contributed by atoms with Crippen LogP contribution in [0, 0.1) is 34.5 Å². The number of esters is 1. The minimum Gasteiger partial charge on any atom is -0.451 e. The maximum atomic E-state index is 14.1. The topological polar surface area (TPSA) is 101 Å². The molecule has 31 heavy (non-hydrogen) atoms. The van der Waals surface area contributed by atoms with E-state index in [0.717, 1.165) is 0 Å². The van der Waals surface area contributed by atoms with Crippen molar-refractivity contribution in [1.82, 2.24) is 0 Å². The highest BCUT2D eigenvalue weighted by molar-refractivity contribution is 5.97. The third kappa shape index (κ3) is 2.55. The normalized spacial score (nSPS) is 45.4. The second-order valence-electron chi connectivity index (χ2n) is 10.5. The smallest absolute Gasteiger partial charge is 0.334 e. The number of carbonyl (C=O) groups is 3. The van der Waals surface area contributed by atoms with Gasteiger partial charge in [0.25, 0.3) is 0 Å². The summed E-state index contributed by atoms with van der Waals surface area (Å²) in [4.78, 5) is 38.7. The predicted molar refractivity (Wildman–Crippen MR) is 114 cm³/mol. The van der Waals surface area contributed by atoms with Crippen LogP contribution >= 0.6 is 0 Å². The average molecular weight is 429 g/mol. The molecule has 8 atom stereocenters. The molecule has 0 aromatic heterocycles. The van der Waals surface area contributed by atoms with Gasteiger partial charge in [0.15, 0.2) is 17.5 Å². The van der Waals surface area contributed by atoms with E-state index in [1.807, 2.05) is 6.92 Å². The summed E-state index contributed by atoms with van der Waals surface area (Å²) in [5.41, 5.74) is -2.81. The van der Waals surface area contributed by atoms with Crippen molar-refractivity contribution in [2.45, 2.75) is 65.8 Å². The summed E-state index contributed by atoms with van der Waals surface area (Å²) in [6.45, 7) is 11.2. The predicted octanol–water partition coefficient (Wildman–Crippen LogP) is 2.54. The van der Waals surface area contributed by atoms with Gasteiger partial charge < -0.3 is 14.9 Å². The van der Waals surface area contributed by atoms with Crippen LogP contribution in [-0.2, 0) is 19.1 Å². The molecule has 0 aromatic rings. The van der Waals surface area contributed by atoms with Crippen LogP contribution in [0.2, 0.25) is 0 Å². The first kappa shape index (κ1) is 22.2. The molecule has 1 spiro atoms. The lowest BCUT2D eigenvalue weighted by Crippen LogP contribution is -2.65. The number of rotatable bonds is 3. The number of ether oxygens (including phenoxy) is 1. The van der Waals surface area contributed by atoms with E-state index in [9.17, 15) is 24.6 Å². The minimum atomic E-state index is -2.15. The van der Waals surface area contributed by atoms with Crippen LogP contribution in [0.1, 0.15) is 48.0 Å². The Bertz CT molecular complexity index is 955. The van der Waals surface area contributed by atoms with Crippen molar-refractivity contribution < 1.29 is 29.3 Å². The number of aliphatic hydroxyl groups is 2. The monoisotopic (exact) mass is 428 g/mol. The van der Waals surface area contributed by atoms with Gasteiger partial charge in [0, 0.05) is 17.1 Å². The fourth-order valence-electron chi connectivity index (χ4n) is 6.82. The maximum absolute atomic E-state index is 14.1. The Hall–Kier alpha value is -2.05. The second-order valence-corrected chi connectivity index (χ2v) is 10.5. The van der Waals surface area contributed by atoms with E-state index in [1.165, 1.54) is 0 Å². The summed E-state index contributed by atoms with van der Waals surface area (Å²) in [7, 11) is 0. The molecule has 4 rings (SSSR count). The number of allylic oxidation sites excluding steroid dienone is 2. The lowest BCUT2D eigenvalue weighted by atomic mass is 9.59. The molecule has 2 N–H and O–H groups in total. The van der Waals surface area contributed by atoms with Crippen LogP contribution in [-0.4, -0.2) is 46.1 Å². The molecule has 4 aliphatic carbocycles. The first-order valence-corrected chi connectivity index (χ1v) is 11.0. The lowest BCUT2D eigenvalue weighted by molar-refractivity contribution is -0.201. The van der Waals surface area contributed by atoms with Gasteiger partial charge in [-0.1, -0.05) is 39.0 Å². The van der Waals surface area contributed by atoms with Gasteiger partial charge in [0.2, 0.25) is 0 Å². The molecule has 6 nitrogen and oxygen atoms in total. The SMILES string of the molecule is C/C=C(/C)C(=O)O[C@H]1C(C)=C[C@]23C(=O)[C@@H](C=C(C=O)[C@@H](O)[C@]12O)[C@H]1[C@@H](C[C@H]3C)C1(C)C. The molecule has 168 valence electrons. The van der Waals surface area contributed by atoms with Gasteiger partial charge in [0.05, 0.1) is 5.41 Å². The number of carbonyl (C=O) groups excluding carboxylic acids is 3. The van der Waals surface area contributed by atoms with Crippen LogP contribution in [0.15, 0.2) is 34.9 Å². The molecule has 0 saturated heterocycles. The van der Waals surface area contributed by atoms with Gasteiger partial charge in [-0.05, 0) is 55.9 Å². The van der Waals surface area contributed by atoms with E-state index in [0.29, 0.717) is 23.9 Å². The van der Waals surface area contributed by atoms with Gasteiger partial charge in [-0.2, -0.15) is 0 Å². The second kappa shape index (κ2) is 6.72. The molecule has 2 bridgehead atoms. The summed E-state index contributed by atoms with van der Waals surface area (Å²) < 4.78 is 5.69. The summed E-state index contributed by atoms with van der Waals surface area (Å²) in [5.74, 6) is -1.39. The van der Waals surface area contributed by atoms with Crippen molar-refractivity contribution in [2.75, 3.05) is 0 Å². The zero-order chi connectivity index (χ0) is 23.1. The number of ketones is 1. The van der Waals surface area contributed by atoms with Gasteiger partial charge in [-0.3, -0.25) is 9.59 Å². The van der Waals surface area contributed by atoms with Crippen LogP contribution in [0.4, 0.5) is 0 Å². The Labute approximate surface area is 183 Å². The van der Waals surface area contributed by atoms with Crippen LogP contribution in [0.3, 0.4) is 0 Å². The Morgan fingerprint density at radius 1 is 1.32 bits per heavy atom. The van der Waals surface area contributed by atoms with Gasteiger partial charge in [0.1, 0.15) is 12.4 Å². The molecule has 0 heterocycles. The van der Waals surface area contributed by atoms with Crippen LogP contribution in [0.5, 0.6) is 0 Å². The summed E-state index contributed by atoms with van der Waals surface area (Å²) in [6.07, 6.45) is 3.19. The standard InChI is InChI=1S/C25H32O6/c1-7-12(2)22(29)31-21-13(3)10-24-14(4)8-17-18(23(17,5)6)16(20(24)28)9-15(11-26)19(27)25(21,24)30/h7,9-11,14,16-19,21,27,30H,8H2,1-6H3/b12-7-/t14-,16+,17-,18+,19-,21+,24+,25+/m1/s1. The van der Waals surface area contributed by atoms with E-state index < -0.39 is 35.1 Å². The maximum Gasteiger partial charge on any atom is 0.334 e. The largest absolute Gasteiger partial charge is 0.451 e. The first-order chi connectivity index (χ1) is 14.4. The highest BCUT2D eigenvalue weighted by Crippen LogP contribution is 2.71. The molecular weight excluding hydrogens is 396 g/mol. The van der Waals surface area contributed by atoms with Crippen molar-refractivity contribution in [2.24, 2.45) is 34.5 Å². The van der Waals surface area contributed by atoms with E-state index in [-0.39, 0.29) is 34.5 Å². The fourth-order valence-corrected chi connectivity index (χ4v) is 6.82. The summed E-state index contributed by atoms with van der Waals surface area (Å²) >= 11 is 0. The van der Waals surface area contributed by atoms with E-state index >= 15 is 0 Å². The quantitative estimate of drug-likeness (QED) is 0.310. The molecule has 0 amide bonds. The number of hydrogen-bond donors (Lipinski definition) is 2. The minimum absolute atomic E-state index is 0.0230. The highest BCUT2D eigenvalue weighted by atomic mass is 16.6. The molecule has 0 radical (unpaired) electrons. The zero-order valence-corrected chi connectivity index (χ0v) is 19.0. The number of Topliss-reactive ketones (excluding diaryl/α,β-unsaturated/α-hetero) is 1. The Balaban J connectivity index is 1.92. The fraction of sp³-hybridized carbons (Fsp3) is 0.640. The summed E-state index contributed by atoms with van der Waals surface area (Å²) in [6, 6.07) is 0. The lowest BCUT2D eigenvalue weighted by Gasteiger charge is -2.48.